The zero-order valence-corrected chi connectivity index (χ0v) is 17.4. The first-order valence-electron chi connectivity index (χ1n) is 10.9. The first-order valence-corrected chi connectivity index (χ1v) is 10.9. The predicted octanol–water partition coefficient (Wildman–Crippen LogP) is 5.09. The van der Waals surface area contributed by atoms with Gasteiger partial charge in [-0.3, -0.25) is 0 Å². The number of nitrogens with zero attached hydrogens (tertiary/aromatic N) is 1. The van der Waals surface area contributed by atoms with Crippen LogP contribution in [0.4, 0.5) is 0 Å². The van der Waals surface area contributed by atoms with E-state index >= 15 is 0 Å². The van der Waals surface area contributed by atoms with E-state index in [4.69, 9.17) is 9.47 Å². The van der Waals surface area contributed by atoms with E-state index in [0.717, 1.165) is 43.6 Å². The fourth-order valence-electron chi connectivity index (χ4n) is 4.66. The summed E-state index contributed by atoms with van der Waals surface area (Å²) in [5.41, 5.74) is 0.421. The fraction of sp³-hybridized carbons (Fsp3) is 1.00. The van der Waals surface area contributed by atoms with Crippen LogP contribution < -0.4 is 0 Å². The lowest BCUT2D eigenvalue weighted by atomic mass is 9.64. The summed E-state index contributed by atoms with van der Waals surface area (Å²) in [6, 6.07) is 0. The molecule has 1 unspecified atom stereocenters. The van der Waals surface area contributed by atoms with Crippen molar-refractivity contribution >= 4 is 0 Å². The van der Waals surface area contributed by atoms with Crippen LogP contribution in [0.15, 0.2) is 0 Å². The first-order chi connectivity index (χ1) is 11.8. The Labute approximate surface area is 155 Å². The average Bonchev–Trinajstić information content (AvgIpc) is 3.32. The van der Waals surface area contributed by atoms with E-state index in [2.05, 4.69) is 39.5 Å². The van der Waals surface area contributed by atoms with Gasteiger partial charge in [-0.25, -0.2) is 0 Å². The molecule has 0 aromatic heterocycles. The lowest BCUT2D eigenvalue weighted by Gasteiger charge is -2.44. The third-order valence-electron chi connectivity index (χ3n) is 7.63. The highest BCUT2D eigenvalue weighted by atomic mass is 16.7. The van der Waals surface area contributed by atoms with E-state index < -0.39 is 0 Å². The Bertz CT molecular complexity index is 422. The normalized spacial score (nSPS) is 33.7. The molecule has 1 atom stereocenters. The van der Waals surface area contributed by atoms with E-state index in [1.165, 1.54) is 45.3 Å². The van der Waals surface area contributed by atoms with Crippen LogP contribution in [0, 0.1) is 23.2 Å². The van der Waals surface area contributed by atoms with Crippen LogP contribution in [0.25, 0.3) is 0 Å². The highest BCUT2D eigenvalue weighted by Gasteiger charge is 2.47. The van der Waals surface area contributed by atoms with Gasteiger partial charge in [-0.1, -0.05) is 34.6 Å². The van der Waals surface area contributed by atoms with E-state index in [-0.39, 0.29) is 5.79 Å². The SMILES string of the molecule is CCN(CCC1COC2(CCC(C(C)(C)C(C)C)CC2)O1)CC1CC1. The van der Waals surface area contributed by atoms with Crippen LogP contribution in [0.3, 0.4) is 0 Å². The van der Waals surface area contributed by atoms with Crippen molar-refractivity contribution < 1.29 is 9.47 Å². The van der Waals surface area contributed by atoms with Crippen molar-refractivity contribution in [2.24, 2.45) is 23.2 Å². The van der Waals surface area contributed by atoms with Gasteiger partial charge in [0.15, 0.2) is 5.79 Å². The monoisotopic (exact) mass is 351 g/mol. The van der Waals surface area contributed by atoms with Crippen molar-refractivity contribution in [3.05, 3.63) is 0 Å². The number of hydrogen-bond donors (Lipinski definition) is 0. The fourth-order valence-corrected chi connectivity index (χ4v) is 4.66. The largest absolute Gasteiger partial charge is 0.347 e. The van der Waals surface area contributed by atoms with E-state index in [1.807, 2.05) is 0 Å². The predicted molar refractivity (Wildman–Crippen MR) is 104 cm³/mol. The molecule has 3 heteroatoms. The van der Waals surface area contributed by atoms with Gasteiger partial charge in [0.2, 0.25) is 0 Å². The van der Waals surface area contributed by atoms with Crippen molar-refractivity contribution in [2.75, 3.05) is 26.2 Å². The average molecular weight is 352 g/mol. The molecule has 1 spiro atoms. The molecule has 3 fully saturated rings. The van der Waals surface area contributed by atoms with Crippen LogP contribution in [0.5, 0.6) is 0 Å². The Hall–Kier alpha value is -0.120. The molecule has 3 rings (SSSR count). The molecule has 0 aromatic carbocycles. The molecule has 0 aromatic rings. The molecule has 146 valence electrons. The van der Waals surface area contributed by atoms with Crippen molar-refractivity contribution in [3.8, 4) is 0 Å². The minimum atomic E-state index is -0.248. The van der Waals surface area contributed by atoms with Crippen LogP contribution in [0.1, 0.15) is 79.6 Å². The van der Waals surface area contributed by atoms with Gasteiger partial charge in [0, 0.05) is 25.9 Å². The van der Waals surface area contributed by atoms with Gasteiger partial charge in [-0.05, 0) is 61.8 Å². The Morgan fingerprint density at radius 3 is 2.36 bits per heavy atom. The molecule has 3 nitrogen and oxygen atoms in total. The van der Waals surface area contributed by atoms with E-state index in [9.17, 15) is 0 Å². The van der Waals surface area contributed by atoms with Crippen molar-refractivity contribution in [3.63, 3.8) is 0 Å². The van der Waals surface area contributed by atoms with Crippen LogP contribution in [-0.4, -0.2) is 43.0 Å². The highest BCUT2D eigenvalue weighted by molar-refractivity contribution is 4.91. The lowest BCUT2D eigenvalue weighted by Crippen LogP contribution is -2.41. The molecular weight excluding hydrogens is 310 g/mol. The maximum atomic E-state index is 6.48. The lowest BCUT2D eigenvalue weighted by molar-refractivity contribution is -0.198. The van der Waals surface area contributed by atoms with Crippen molar-refractivity contribution in [1.29, 1.82) is 0 Å². The minimum absolute atomic E-state index is 0.248. The summed E-state index contributed by atoms with van der Waals surface area (Å²) in [7, 11) is 0. The highest BCUT2D eigenvalue weighted by Crippen LogP contribution is 2.48. The van der Waals surface area contributed by atoms with Gasteiger partial charge in [0.25, 0.3) is 0 Å². The van der Waals surface area contributed by atoms with Crippen LogP contribution in [-0.2, 0) is 9.47 Å². The van der Waals surface area contributed by atoms with E-state index in [0.29, 0.717) is 11.5 Å². The number of ether oxygens (including phenoxy) is 2. The molecule has 0 bridgehead atoms. The van der Waals surface area contributed by atoms with Gasteiger partial charge in [-0.2, -0.15) is 0 Å². The summed E-state index contributed by atoms with van der Waals surface area (Å²) in [5.74, 6) is 2.27. The summed E-state index contributed by atoms with van der Waals surface area (Å²) in [6.07, 6.45) is 8.99. The Kier molecular flexibility index (Phi) is 6.17. The molecule has 25 heavy (non-hydrogen) atoms. The van der Waals surface area contributed by atoms with Gasteiger partial charge in [0.05, 0.1) is 12.7 Å². The Morgan fingerprint density at radius 2 is 1.80 bits per heavy atom. The maximum Gasteiger partial charge on any atom is 0.168 e. The van der Waals surface area contributed by atoms with Crippen LogP contribution >= 0.6 is 0 Å². The third-order valence-corrected chi connectivity index (χ3v) is 7.63. The molecule has 1 saturated heterocycles. The molecule has 0 N–H and O–H groups in total. The second kappa shape index (κ2) is 7.86. The zero-order chi connectivity index (χ0) is 18.1. The summed E-state index contributed by atoms with van der Waals surface area (Å²) in [5, 5.41) is 0. The van der Waals surface area contributed by atoms with Gasteiger partial charge in [-0.15, -0.1) is 0 Å². The molecular formula is C22H41NO2. The van der Waals surface area contributed by atoms with E-state index in [1.54, 1.807) is 0 Å². The van der Waals surface area contributed by atoms with Crippen LogP contribution in [0.2, 0.25) is 0 Å². The molecule has 0 radical (unpaired) electrons. The molecule has 2 saturated carbocycles. The molecule has 0 amide bonds. The smallest absolute Gasteiger partial charge is 0.168 e. The van der Waals surface area contributed by atoms with Crippen molar-refractivity contribution in [1.82, 2.24) is 4.90 Å². The second-order valence-electron chi connectivity index (χ2n) is 9.84. The van der Waals surface area contributed by atoms with Gasteiger partial charge >= 0.3 is 0 Å². The molecule has 1 aliphatic heterocycles. The van der Waals surface area contributed by atoms with Crippen molar-refractivity contribution in [2.45, 2.75) is 91.5 Å². The quantitative estimate of drug-likeness (QED) is 0.608. The zero-order valence-electron chi connectivity index (χ0n) is 17.4. The summed E-state index contributed by atoms with van der Waals surface area (Å²) >= 11 is 0. The Balaban J connectivity index is 1.43. The standard InChI is InChI=1S/C22H41NO2/c1-6-23(15-18-7-8-18)14-11-20-16-24-22(25-20)12-9-19(10-13-22)21(4,5)17(2)3/h17-20H,6-16H2,1-5H3. The van der Waals surface area contributed by atoms with Gasteiger partial charge in [0.1, 0.15) is 0 Å². The molecule has 3 aliphatic rings. The molecule has 2 aliphatic carbocycles. The Morgan fingerprint density at radius 1 is 1.12 bits per heavy atom. The summed E-state index contributed by atoms with van der Waals surface area (Å²) in [4.78, 5) is 2.61. The minimum Gasteiger partial charge on any atom is -0.347 e. The third kappa shape index (κ3) is 4.78. The first kappa shape index (κ1) is 19.6. The number of hydrogen-bond acceptors (Lipinski definition) is 3. The second-order valence-corrected chi connectivity index (χ2v) is 9.84. The maximum absolute atomic E-state index is 6.48. The molecule has 1 heterocycles. The van der Waals surface area contributed by atoms with Gasteiger partial charge < -0.3 is 14.4 Å². The summed E-state index contributed by atoms with van der Waals surface area (Å²) < 4.78 is 12.7. The summed E-state index contributed by atoms with van der Waals surface area (Å²) in [6.45, 7) is 16.3. The number of rotatable bonds is 8. The topological polar surface area (TPSA) is 21.7 Å².